The molecule has 0 saturated carbocycles. The summed E-state index contributed by atoms with van der Waals surface area (Å²) in [6.45, 7) is 0.0654. The first-order chi connectivity index (χ1) is 9.76. The van der Waals surface area contributed by atoms with Gasteiger partial charge in [0, 0.05) is 6.42 Å². The van der Waals surface area contributed by atoms with Gasteiger partial charge >= 0.3 is 0 Å². The van der Waals surface area contributed by atoms with E-state index in [1.807, 2.05) is 6.07 Å². The average Bonchev–Trinajstić information content (AvgIpc) is 3.14. The quantitative estimate of drug-likeness (QED) is 0.830. The average molecular weight is 291 g/mol. The molecular formula is C15H17NO3S. The normalized spacial score (nSPS) is 27.1. The number of nitrogens with one attached hydrogen (secondary N) is 1. The molecule has 5 heteroatoms. The van der Waals surface area contributed by atoms with Crippen LogP contribution in [0.1, 0.15) is 40.2 Å². The standard InChI is InChI=1S/C15H17NO3S/c17-8-2-1-3-11-5-7-14(20-11)15(18)16-12-9-10-4-6-13(12)19-10/h5,7,10,12-13,17H,2,4,6,8-9H2,(H,16,18). The summed E-state index contributed by atoms with van der Waals surface area (Å²) >= 11 is 1.39. The second-order valence-electron chi connectivity index (χ2n) is 5.13. The summed E-state index contributed by atoms with van der Waals surface area (Å²) in [5.41, 5.74) is 0. The highest BCUT2D eigenvalue weighted by Crippen LogP contribution is 2.34. The number of rotatable bonds is 3. The number of carbonyl (C=O) groups excluding carboxylic acids is 1. The Morgan fingerprint density at radius 2 is 2.40 bits per heavy atom. The minimum Gasteiger partial charge on any atom is -0.395 e. The number of amides is 1. The zero-order valence-corrected chi connectivity index (χ0v) is 11.9. The van der Waals surface area contributed by atoms with Crippen molar-refractivity contribution in [1.29, 1.82) is 0 Å². The van der Waals surface area contributed by atoms with E-state index >= 15 is 0 Å². The third-order valence-electron chi connectivity index (χ3n) is 3.70. The van der Waals surface area contributed by atoms with Crippen molar-refractivity contribution in [3.05, 3.63) is 21.9 Å². The molecule has 20 heavy (non-hydrogen) atoms. The van der Waals surface area contributed by atoms with E-state index < -0.39 is 0 Å². The summed E-state index contributed by atoms with van der Waals surface area (Å²) in [5.74, 6) is 5.77. The van der Waals surface area contributed by atoms with Crippen LogP contribution in [-0.2, 0) is 4.74 Å². The summed E-state index contributed by atoms with van der Waals surface area (Å²) in [6, 6.07) is 3.81. The largest absolute Gasteiger partial charge is 0.395 e. The van der Waals surface area contributed by atoms with E-state index in [0.717, 1.165) is 24.1 Å². The van der Waals surface area contributed by atoms with Crippen LogP contribution in [-0.4, -0.2) is 35.9 Å². The Hall–Kier alpha value is -1.35. The molecule has 0 aromatic carbocycles. The second-order valence-corrected chi connectivity index (χ2v) is 6.21. The monoisotopic (exact) mass is 291 g/mol. The molecule has 2 aliphatic rings. The molecule has 3 heterocycles. The molecule has 3 atom stereocenters. The molecule has 106 valence electrons. The molecule has 2 bridgehead atoms. The minimum atomic E-state index is -0.0358. The van der Waals surface area contributed by atoms with Gasteiger partial charge in [-0.15, -0.1) is 11.3 Å². The number of hydrogen-bond donors (Lipinski definition) is 2. The maximum absolute atomic E-state index is 12.2. The Morgan fingerprint density at radius 1 is 1.50 bits per heavy atom. The molecule has 2 aliphatic heterocycles. The van der Waals surface area contributed by atoms with Gasteiger partial charge in [-0.25, -0.2) is 0 Å². The lowest BCUT2D eigenvalue weighted by Crippen LogP contribution is -2.41. The van der Waals surface area contributed by atoms with E-state index in [4.69, 9.17) is 9.84 Å². The fourth-order valence-electron chi connectivity index (χ4n) is 2.76. The summed E-state index contributed by atoms with van der Waals surface area (Å²) in [5, 5.41) is 11.7. The summed E-state index contributed by atoms with van der Waals surface area (Å²) < 4.78 is 5.73. The van der Waals surface area contributed by atoms with Gasteiger partial charge in [-0.3, -0.25) is 4.79 Å². The lowest BCUT2D eigenvalue weighted by atomic mass is 9.95. The predicted molar refractivity (Wildman–Crippen MR) is 76.7 cm³/mol. The van der Waals surface area contributed by atoms with E-state index in [2.05, 4.69) is 17.2 Å². The molecule has 1 aromatic rings. The molecule has 2 saturated heterocycles. The van der Waals surface area contributed by atoms with Crippen molar-refractivity contribution in [1.82, 2.24) is 5.32 Å². The smallest absolute Gasteiger partial charge is 0.261 e. The van der Waals surface area contributed by atoms with Gasteiger partial charge in [-0.1, -0.05) is 11.8 Å². The number of fused-ring (bicyclic) bond motifs is 2. The van der Waals surface area contributed by atoms with Crippen molar-refractivity contribution in [3.63, 3.8) is 0 Å². The Balaban J connectivity index is 1.59. The number of aliphatic hydroxyl groups is 1. The molecule has 0 radical (unpaired) electrons. The predicted octanol–water partition coefficient (Wildman–Crippen LogP) is 1.53. The Labute approximate surface area is 122 Å². The van der Waals surface area contributed by atoms with Crippen molar-refractivity contribution in [2.75, 3.05) is 6.61 Å². The van der Waals surface area contributed by atoms with E-state index in [1.54, 1.807) is 6.07 Å². The van der Waals surface area contributed by atoms with Crippen LogP contribution < -0.4 is 5.32 Å². The summed E-state index contributed by atoms with van der Waals surface area (Å²) in [6.07, 6.45) is 4.12. The molecule has 0 aliphatic carbocycles. The van der Waals surface area contributed by atoms with Crippen LogP contribution in [0.15, 0.2) is 12.1 Å². The molecule has 3 rings (SSSR count). The zero-order valence-electron chi connectivity index (χ0n) is 11.1. The Morgan fingerprint density at radius 3 is 3.10 bits per heavy atom. The van der Waals surface area contributed by atoms with Crippen molar-refractivity contribution in [2.45, 2.75) is 43.9 Å². The van der Waals surface area contributed by atoms with Crippen LogP contribution in [0.25, 0.3) is 0 Å². The van der Waals surface area contributed by atoms with Gasteiger partial charge in [0.1, 0.15) is 0 Å². The number of hydrogen-bond acceptors (Lipinski definition) is 4. The molecule has 0 spiro atoms. The molecule has 2 N–H and O–H groups in total. The van der Waals surface area contributed by atoms with Gasteiger partial charge in [0.15, 0.2) is 0 Å². The van der Waals surface area contributed by atoms with Crippen molar-refractivity contribution in [2.24, 2.45) is 0 Å². The van der Waals surface area contributed by atoms with Crippen LogP contribution in [0.4, 0.5) is 0 Å². The van der Waals surface area contributed by atoms with Crippen LogP contribution >= 0.6 is 11.3 Å². The number of ether oxygens (including phenoxy) is 1. The highest BCUT2D eigenvalue weighted by molar-refractivity contribution is 7.14. The fraction of sp³-hybridized carbons (Fsp3) is 0.533. The molecule has 1 amide bonds. The van der Waals surface area contributed by atoms with Gasteiger partial charge < -0.3 is 15.2 Å². The number of thiophene rings is 1. The molecule has 1 aromatic heterocycles. The van der Waals surface area contributed by atoms with Crippen molar-refractivity contribution < 1.29 is 14.6 Å². The van der Waals surface area contributed by atoms with E-state index in [1.165, 1.54) is 11.3 Å². The third-order valence-corrected chi connectivity index (χ3v) is 4.70. The van der Waals surface area contributed by atoms with Gasteiger partial charge in [0.25, 0.3) is 5.91 Å². The second kappa shape index (κ2) is 5.96. The minimum absolute atomic E-state index is 0.0358. The molecular weight excluding hydrogens is 274 g/mol. The van der Waals surface area contributed by atoms with Crippen molar-refractivity contribution >= 4 is 17.2 Å². The Bertz CT molecular complexity index is 557. The first-order valence-electron chi connectivity index (χ1n) is 6.92. The van der Waals surface area contributed by atoms with E-state index in [9.17, 15) is 4.79 Å². The molecule has 2 fully saturated rings. The fourth-order valence-corrected chi connectivity index (χ4v) is 3.55. The highest BCUT2D eigenvalue weighted by atomic mass is 32.1. The van der Waals surface area contributed by atoms with Crippen LogP contribution in [0, 0.1) is 11.8 Å². The maximum Gasteiger partial charge on any atom is 0.261 e. The van der Waals surface area contributed by atoms with Crippen LogP contribution in [0.3, 0.4) is 0 Å². The van der Waals surface area contributed by atoms with Gasteiger partial charge in [0.2, 0.25) is 0 Å². The molecule has 4 nitrogen and oxygen atoms in total. The number of aliphatic hydroxyl groups excluding tert-OH is 1. The van der Waals surface area contributed by atoms with Gasteiger partial charge in [-0.2, -0.15) is 0 Å². The third kappa shape index (κ3) is 2.88. The Kier molecular flexibility index (Phi) is 4.06. The van der Waals surface area contributed by atoms with Crippen LogP contribution in [0.2, 0.25) is 0 Å². The molecule has 3 unspecified atom stereocenters. The lowest BCUT2D eigenvalue weighted by molar-refractivity contribution is 0.0843. The maximum atomic E-state index is 12.2. The highest BCUT2D eigenvalue weighted by Gasteiger charge is 2.41. The van der Waals surface area contributed by atoms with Gasteiger partial charge in [0.05, 0.1) is 34.6 Å². The number of carbonyl (C=O) groups is 1. The topological polar surface area (TPSA) is 58.6 Å². The summed E-state index contributed by atoms with van der Waals surface area (Å²) in [7, 11) is 0. The summed E-state index contributed by atoms with van der Waals surface area (Å²) in [4.78, 5) is 13.7. The van der Waals surface area contributed by atoms with Crippen molar-refractivity contribution in [3.8, 4) is 11.8 Å². The van der Waals surface area contributed by atoms with E-state index in [-0.39, 0.29) is 24.7 Å². The van der Waals surface area contributed by atoms with E-state index in [0.29, 0.717) is 17.4 Å². The lowest BCUT2D eigenvalue weighted by Gasteiger charge is -2.19. The van der Waals surface area contributed by atoms with Crippen LogP contribution in [0.5, 0.6) is 0 Å². The zero-order chi connectivity index (χ0) is 13.9. The van der Waals surface area contributed by atoms with Gasteiger partial charge in [-0.05, 0) is 31.4 Å². The SMILES string of the molecule is O=C(NC1CC2CCC1O2)c1ccc(C#CCCO)s1. The first-order valence-corrected chi connectivity index (χ1v) is 7.74. The first kappa shape index (κ1) is 13.6.